The van der Waals surface area contributed by atoms with Crippen molar-refractivity contribution in [2.24, 2.45) is 16.0 Å². The molecule has 0 bridgehead atoms. The number of benzene rings is 1. The van der Waals surface area contributed by atoms with Crippen LogP contribution >= 0.6 is 0 Å². The molecule has 0 amide bonds. The number of nitrogens with zero attached hydrogens (tertiary/aromatic N) is 3. The summed E-state index contributed by atoms with van der Waals surface area (Å²) in [6.45, 7) is 1.90. The number of anilines is 1. The Morgan fingerprint density at radius 2 is 2.17 bits per heavy atom. The van der Waals surface area contributed by atoms with Gasteiger partial charge in [0.15, 0.2) is 0 Å². The molecule has 0 aliphatic carbocycles. The molecular weight excluding hydrogens is 408 g/mol. The fourth-order valence-corrected chi connectivity index (χ4v) is 4.96. The summed E-state index contributed by atoms with van der Waals surface area (Å²) in [6.07, 6.45) is 3.40. The number of hydrogen-bond acceptors (Lipinski definition) is 7. The Morgan fingerprint density at radius 3 is 2.97 bits per heavy atom. The highest BCUT2D eigenvalue weighted by atomic mass is 32.2. The number of carboxylic acids is 1. The molecule has 1 atom stereocenters. The molecule has 1 aromatic heterocycles. The van der Waals surface area contributed by atoms with Gasteiger partial charge in [-0.1, -0.05) is 12.1 Å². The highest BCUT2D eigenvalue weighted by Crippen LogP contribution is 2.29. The summed E-state index contributed by atoms with van der Waals surface area (Å²) in [5.41, 5.74) is 7.22. The van der Waals surface area contributed by atoms with Gasteiger partial charge in [0, 0.05) is 25.2 Å². The lowest BCUT2D eigenvalue weighted by Crippen LogP contribution is -2.38. The molecule has 1 aromatic carbocycles. The van der Waals surface area contributed by atoms with Crippen LogP contribution in [0, 0.1) is 5.92 Å². The fourth-order valence-electron chi connectivity index (χ4n) is 3.87. The lowest BCUT2D eigenvalue weighted by Gasteiger charge is -2.33. The Balaban J connectivity index is 1.47. The van der Waals surface area contributed by atoms with E-state index in [9.17, 15) is 18.3 Å². The smallest absolute Gasteiger partial charge is 0.335 e. The number of hydrogen-bond donors (Lipinski definition) is 2. The molecule has 30 heavy (non-hydrogen) atoms. The van der Waals surface area contributed by atoms with Crippen molar-refractivity contribution >= 4 is 27.6 Å². The lowest BCUT2D eigenvalue weighted by atomic mass is 9.98. The van der Waals surface area contributed by atoms with Crippen LogP contribution in [-0.4, -0.2) is 50.0 Å². The van der Waals surface area contributed by atoms with E-state index in [1.54, 1.807) is 24.3 Å². The summed E-state index contributed by atoms with van der Waals surface area (Å²) in [4.78, 5) is 17.6. The molecular formula is C20H22N4O5S. The largest absolute Gasteiger partial charge is 0.492 e. The Morgan fingerprint density at radius 1 is 1.33 bits per heavy atom. The standard InChI is InChI=1S/C20H22N4O5S/c21-19-18-15(12-30(27,28)23-19)4-1-5-16(18)29-11-13-3-2-8-24(10-13)17-9-14(20(25)26)6-7-22-17/h1,4-7,9,13H,2-3,8,10-12H2,(H2,21,23)(H,25,26)/t13-/m0/s1. The molecule has 1 fully saturated rings. The second-order valence-electron chi connectivity index (χ2n) is 7.47. The van der Waals surface area contributed by atoms with Gasteiger partial charge < -0.3 is 20.5 Å². The monoisotopic (exact) mass is 430 g/mol. The third kappa shape index (κ3) is 4.23. The molecule has 158 valence electrons. The molecule has 2 aliphatic rings. The molecule has 0 radical (unpaired) electrons. The summed E-state index contributed by atoms with van der Waals surface area (Å²) in [5.74, 6) is 0.140. The van der Waals surface area contributed by atoms with Crippen LogP contribution in [-0.2, 0) is 15.8 Å². The third-order valence-corrected chi connectivity index (χ3v) is 6.40. The average Bonchev–Trinajstić information content (AvgIpc) is 2.71. The van der Waals surface area contributed by atoms with Crippen molar-refractivity contribution in [1.29, 1.82) is 0 Å². The van der Waals surface area contributed by atoms with Crippen LogP contribution in [0.3, 0.4) is 0 Å². The minimum atomic E-state index is -3.59. The summed E-state index contributed by atoms with van der Waals surface area (Å²) in [5, 5.41) is 9.20. The predicted molar refractivity (Wildman–Crippen MR) is 111 cm³/mol. The van der Waals surface area contributed by atoms with Crippen LogP contribution < -0.4 is 15.4 Å². The number of pyridine rings is 1. The highest BCUT2D eigenvalue weighted by Gasteiger charge is 2.27. The van der Waals surface area contributed by atoms with E-state index in [1.807, 2.05) is 0 Å². The number of piperidine rings is 1. The van der Waals surface area contributed by atoms with E-state index in [4.69, 9.17) is 10.5 Å². The van der Waals surface area contributed by atoms with Crippen LogP contribution in [0.4, 0.5) is 5.82 Å². The zero-order valence-electron chi connectivity index (χ0n) is 16.2. The van der Waals surface area contributed by atoms with E-state index in [0.29, 0.717) is 35.8 Å². The van der Waals surface area contributed by atoms with Gasteiger partial charge in [0.1, 0.15) is 17.4 Å². The van der Waals surface area contributed by atoms with Crippen LogP contribution in [0.2, 0.25) is 0 Å². The van der Waals surface area contributed by atoms with E-state index in [0.717, 1.165) is 19.4 Å². The first-order valence-electron chi connectivity index (χ1n) is 9.60. The first-order valence-corrected chi connectivity index (χ1v) is 11.2. The summed E-state index contributed by atoms with van der Waals surface area (Å²) in [6, 6.07) is 8.27. The van der Waals surface area contributed by atoms with Crippen LogP contribution in [0.15, 0.2) is 40.9 Å². The Labute approximate surface area is 174 Å². The van der Waals surface area contributed by atoms with E-state index in [2.05, 4.69) is 14.3 Å². The van der Waals surface area contributed by atoms with E-state index in [-0.39, 0.29) is 23.1 Å². The molecule has 0 saturated carbocycles. The van der Waals surface area contributed by atoms with Crippen molar-refractivity contribution < 1.29 is 23.1 Å². The van der Waals surface area contributed by atoms with Crippen molar-refractivity contribution in [3.63, 3.8) is 0 Å². The molecule has 1 saturated heterocycles. The molecule has 0 unspecified atom stereocenters. The quantitative estimate of drug-likeness (QED) is 0.731. The Bertz CT molecular complexity index is 1120. The summed E-state index contributed by atoms with van der Waals surface area (Å²) < 4.78 is 33.3. The van der Waals surface area contributed by atoms with Crippen molar-refractivity contribution in [2.75, 3.05) is 24.6 Å². The number of amidine groups is 1. The maximum absolute atomic E-state index is 11.8. The summed E-state index contributed by atoms with van der Waals surface area (Å²) >= 11 is 0. The number of aromatic carboxylic acids is 1. The molecule has 9 nitrogen and oxygen atoms in total. The zero-order valence-corrected chi connectivity index (χ0v) is 17.0. The number of aromatic nitrogens is 1. The summed E-state index contributed by atoms with van der Waals surface area (Å²) in [7, 11) is -3.59. The van der Waals surface area contributed by atoms with Gasteiger partial charge in [0.25, 0.3) is 10.0 Å². The van der Waals surface area contributed by atoms with Crippen molar-refractivity contribution in [1.82, 2.24) is 4.98 Å². The molecule has 4 rings (SSSR count). The number of sulfonamides is 1. The highest BCUT2D eigenvalue weighted by molar-refractivity contribution is 7.89. The number of carbonyl (C=O) groups is 1. The lowest BCUT2D eigenvalue weighted by molar-refractivity contribution is 0.0696. The van der Waals surface area contributed by atoms with Gasteiger partial charge in [-0.25, -0.2) is 18.2 Å². The normalized spacial score (nSPS) is 20.2. The second-order valence-corrected chi connectivity index (χ2v) is 9.10. The first-order chi connectivity index (χ1) is 14.3. The van der Waals surface area contributed by atoms with Crippen molar-refractivity contribution in [3.8, 4) is 5.75 Å². The van der Waals surface area contributed by atoms with Gasteiger partial charge in [0.05, 0.1) is 23.5 Å². The number of rotatable bonds is 5. The van der Waals surface area contributed by atoms with Gasteiger partial charge in [-0.05, 0) is 36.6 Å². The number of ether oxygens (including phenoxy) is 1. The van der Waals surface area contributed by atoms with Gasteiger partial charge in [-0.2, -0.15) is 0 Å². The average molecular weight is 430 g/mol. The molecule has 2 aliphatic heterocycles. The van der Waals surface area contributed by atoms with Gasteiger partial charge in [-0.3, -0.25) is 0 Å². The minimum Gasteiger partial charge on any atom is -0.492 e. The van der Waals surface area contributed by atoms with E-state index >= 15 is 0 Å². The van der Waals surface area contributed by atoms with E-state index < -0.39 is 16.0 Å². The predicted octanol–water partition coefficient (Wildman–Crippen LogP) is 1.62. The minimum absolute atomic E-state index is 0.0493. The zero-order chi connectivity index (χ0) is 21.3. The van der Waals surface area contributed by atoms with Crippen molar-refractivity contribution in [2.45, 2.75) is 18.6 Å². The van der Waals surface area contributed by atoms with Gasteiger partial charge >= 0.3 is 5.97 Å². The maximum Gasteiger partial charge on any atom is 0.335 e. The molecule has 10 heteroatoms. The maximum atomic E-state index is 11.8. The van der Waals surface area contributed by atoms with Crippen LogP contribution in [0.1, 0.15) is 34.3 Å². The third-order valence-electron chi connectivity index (χ3n) is 5.25. The topological polar surface area (TPSA) is 135 Å². The second kappa shape index (κ2) is 7.94. The number of nitrogens with two attached hydrogens (primary N) is 1. The Kier molecular flexibility index (Phi) is 5.33. The van der Waals surface area contributed by atoms with E-state index in [1.165, 1.54) is 12.3 Å². The van der Waals surface area contributed by atoms with Gasteiger partial charge in [-0.15, -0.1) is 4.40 Å². The van der Waals surface area contributed by atoms with Gasteiger partial charge in [0.2, 0.25) is 0 Å². The SMILES string of the molecule is NC1=NS(=O)(=O)Cc2cccc(OC[C@H]3CCCN(c4cc(C(=O)O)ccn4)C3)c21. The first kappa shape index (κ1) is 20.1. The van der Waals surface area contributed by atoms with Crippen molar-refractivity contribution in [3.05, 3.63) is 53.2 Å². The number of carboxylic acid groups (broad SMARTS) is 1. The Hall–Kier alpha value is -3.14. The molecule has 3 heterocycles. The van der Waals surface area contributed by atoms with Crippen LogP contribution in [0.25, 0.3) is 0 Å². The molecule has 3 N–H and O–H groups in total. The fraction of sp³-hybridized carbons (Fsp3) is 0.350. The molecule has 2 aromatic rings. The number of fused-ring (bicyclic) bond motifs is 1. The molecule has 0 spiro atoms. The van der Waals surface area contributed by atoms with Crippen LogP contribution in [0.5, 0.6) is 5.75 Å².